The molecule has 2 aliphatic heterocycles. The van der Waals surface area contributed by atoms with Crippen LogP contribution in [0.4, 0.5) is 0 Å². The molecular formula is C18H18N2O6. The van der Waals surface area contributed by atoms with Crippen LogP contribution in [-0.4, -0.2) is 68.9 Å². The smallest absolute Gasteiger partial charge is 0.283 e. The summed E-state index contributed by atoms with van der Waals surface area (Å²) in [5.74, 6) is -0.580. The second kappa shape index (κ2) is 6.11. The zero-order valence-corrected chi connectivity index (χ0v) is 13.6. The molecule has 2 aliphatic rings. The number of nitrogens with one attached hydrogen (secondary N) is 1. The monoisotopic (exact) mass is 358 g/mol. The van der Waals surface area contributed by atoms with E-state index in [2.05, 4.69) is 10.3 Å². The Hall–Kier alpha value is -2.36. The van der Waals surface area contributed by atoms with E-state index in [1.54, 1.807) is 6.07 Å². The summed E-state index contributed by atoms with van der Waals surface area (Å²) in [6.07, 6.45) is -6.27. The SMILES string of the molecule is O=C1NC(c2cccc3ccccc23)=N[C@]12O[C@H](CO)[C@@H](O)[C@H](O)[C@H]2O. The topological polar surface area (TPSA) is 132 Å². The third kappa shape index (κ3) is 2.35. The summed E-state index contributed by atoms with van der Waals surface area (Å²) in [7, 11) is 0. The van der Waals surface area contributed by atoms with Crippen molar-refractivity contribution in [2.24, 2.45) is 4.99 Å². The minimum absolute atomic E-state index is 0.186. The van der Waals surface area contributed by atoms with Gasteiger partial charge in [0.05, 0.1) is 6.61 Å². The molecule has 1 spiro atoms. The zero-order chi connectivity index (χ0) is 18.5. The van der Waals surface area contributed by atoms with E-state index in [9.17, 15) is 25.2 Å². The molecule has 8 nitrogen and oxygen atoms in total. The number of amides is 1. The summed E-state index contributed by atoms with van der Waals surface area (Å²) in [5, 5.41) is 44.1. The molecular weight excluding hydrogens is 340 g/mol. The molecule has 8 heteroatoms. The van der Waals surface area contributed by atoms with Crippen LogP contribution >= 0.6 is 0 Å². The van der Waals surface area contributed by atoms with Crippen LogP contribution in [-0.2, 0) is 9.53 Å². The van der Waals surface area contributed by atoms with Gasteiger partial charge in [-0.15, -0.1) is 0 Å². The lowest BCUT2D eigenvalue weighted by atomic mass is 9.91. The number of nitrogens with zero attached hydrogens (tertiary/aromatic N) is 1. The molecule has 0 aromatic heterocycles. The van der Waals surface area contributed by atoms with Crippen LogP contribution in [0, 0.1) is 0 Å². The Labute approximate surface area is 148 Å². The first-order chi connectivity index (χ1) is 12.5. The van der Waals surface area contributed by atoms with Crippen molar-refractivity contribution in [3.05, 3.63) is 48.0 Å². The average molecular weight is 358 g/mol. The van der Waals surface area contributed by atoms with E-state index >= 15 is 0 Å². The molecule has 2 aromatic rings. The number of aliphatic hydroxyl groups excluding tert-OH is 4. The molecule has 5 N–H and O–H groups in total. The van der Waals surface area contributed by atoms with Crippen molar-refractivity contribution in [1.29, 1.82) is 0 Å². The van der Waals surface area contributed by atoms with Crippen LogP contribution < -0.4 is 5.32 Å². The maximum atomic E-state index is 12.6. The largest absolute Gasteiger partial charge is 0.394 e. The standard InChI is InChI=1S/C18H18N2O6/c21-8-12-13(22)14(23)15(24)18(26-12)17(25)19-16(20-18)11-7-3-5-9-4-1-2-6-10(9)11/h1-7,12-15,21-24H,8H2,(H,19,20,25)/t12-,13-,14+,15-,18-/m1/s1. The molecule has 2 aromatic carbocycles. The van der Waals surface area contributed by atoms with Crippen molar-refractivity contribution in [2.45, 2.75) is 30.1 Å². The molecule has 0 aliphatic carbocycles. The Bertz CT molecular complexity index is 893. The van der Waals surface area contributed by atoms with Crippen molar-refractivity contribution in [3.63, 3.8) is 0 Å². The van der Waals surface area contributed by atoms with Crippen LogP contribution in [0.15, 0.2) is 47.5 Å². The van der Waals surface area contributed by atoms with E-state index in [-0.39, 0.29) is 5.84 Å². The summed E-state index contributed by atoms with van der Waals surface area (Å²) in [6, 6.07) is 13.0. The summed E-state index contributed by atoms with van der Waals surface area (Å²) < 4.78 is 5.45. The van der Waals surface area contributed by atoms with E-state index in [1.165, 1.54) is 0 Å². The first-order valence-electron chi connectivity index (χ1n) is 8.20. The second-order valence-electron chi connectivity index (χ2n) is 6.40. The fourth-order valence-electron chi connectivity index (χ4n) is 3.44. The Kier molecular flexibility index (Phi) is 4.02. The molecule has 2 heterocycles. The zero-order valence-electron chi connectivity index (χ0n) is 13.6. The molecule has 0 saturated carbocycles. The van der Waals surface area contributed by atoms with Gasteiger partial charge in [0.25, 0.3) is 11.6 Å². The van der Waals surface area contributed by atoms with Crippen molar-refractivity contribution >= 4 is 22.5 Å². The normalized spacial score (nSPS) is 34.2. The number of fused-ring (bicyclic) bond motifs is 1. The molecule has 1 fully saturated rings. The Morgan fingerprint density at radius 2 is 1.81 bits per heavy atom. The highest BCUT2D eigenvalue weighted by molar-refractivity contribution is 6.19. The van der Waals surface area contributed by atoms with Gasteiger partial charge in [-0.05, 0) is 10.8 Å². The maximum Gasteiger partial charge on any atom is 0.283 e. The van der Waals surface area contributed by atoms with Crippen LogP contribution in [0.3, 0.4) is 0 Å². The van der Waals surface area contributed by atoms with Crippen molar-refractivity contribution in [1.82, 2.24) is 5.32 Å². The predicted molar refractivity (Wildman–Crippen MR) is 91.3 cm³/mol. The number of carbonyl (C=O) groups is 1. The lowest BCUT2D eigenvalue weighted by Crippen LogP contribution is -2.67. The predicted octanol–water partition coefficient (Wildman–Crippen LogP) is -1.11. The Balaban J connectivity index is 1.82. The van der Waals surface area contributed by atoms with Gasteiger partial charge in [0, 0.05) is 5.56 Å². The van der Waals surface area contributed by atoms with Gasteiger partial charge in [0.15, 0.2) is 0 Å². The first kappa shape index (κ1) is 17.1. The number of hydrogen-bond donors (Lipinski definition) is 5. The number of hydrogen-bond acceptors (Lipinski definition) is 7. The van der Waals surface area contributed by atoms with Gasteiger partial charge >= 0.3 is 0 Å². The minimum atomic E-state index is -2.13. The molecule has 1 saturated heterocycles. The third-order valence-corrected chi connectivity index (χ3v) is 4.85. The fourth-order valence-corrected chi connectivity index (χ4v) is 3.44. The van der Waals surface area contributed by atoms with Crippen molar-refractivity contribution < 1.29 is 30.0 Å². The van der Waals surface area contributed by atoms with Crippen LogP contribution in [0.1, 0.15) is 5.56 Å². The third-order valence-electron chi connectivity index (χ3n) is 4.85. The molecule has 1 amide bonds. The van der Waals surface area contributed by atoms with Gasteiger partial charge < -0.3 is 30.5 Å². The van der Waals surface area contributed by atoms with Gasteiger partial charge in [-0.1, -0.05) is 42.5 Å². The van der Waals surface area contributed by atoms with E-state index < -0.39 is 42.7 Å². The fraction of sp³-hybridized carbons (Fsp3) is 0.333. The van der Waals surface area contributed by atoms with E-state index in [1.807, 2.05) is 36.4 Å². The molecule has 136 valence electrons. The number of aliphatic imine (C=N–C) groups is 1. The number of rotatable bonds is 2. The summed E-state index contributed by atoms with van der Waals surface area (Å²) in [5.41, 5.74) is -1.50. The van der Waals surface area contributed by atoms with E-state index in [0.29, 0.717) is 5.56 Å². The Morgan fingerprint density at radius 1 is 1.08 bits per heavy atom. The van der Waals surface area contributed by atoms with Gasteiger partial charge in [0.2, 0.25) is 0 Å². The quantitative estimate of drug-likeness (QED) is 0.462. The first-order valence-corrected chi connectivity index (χ1v) is 8.20. The lowest BCUT2D eigenvalue weighted by molar-refractivity contribution is -0.261. The van der Waals surface area contributed by atoms with Crippen molar-refractivity contribution in [2.75, 3.05) is 6.61 Å². The molecule has 0 radical (unpaired) electrons. The van der Waals surface area contributed by atoms with E-state index in [0.717, 1.165) is 10.8 Å². The maximum absolute atomic E-state index is 12.6. The Morgan fingerprint density at radius 3 is 2.58 bits per heavy atom. The van der Waals surface area contributed by atoms with Crippen LogP contribution in [0.5, 0.6) is 0 Å². The molecule has 5 atom stereocenters. The highest BCUT2D eigenvalue weighted by Crippen LogP contribution is 2.35. The second-order valence-corrected chi connectivity index (χ2v) is 6.40. The summed E-state index contributed by atoms with van der Waals surface area (Å²) in [6.45, 7) is -0.640. The lowest BCUT2D eigenvalue weighted by Gasteiger charge is -2.43. The molecule has 0 bridgehead atoms. The summed E-state index contributed by atoms with van der Waals surface area (Å²) in [4.78, 5) is 16.9. The van der Waals surface area contributed by atoms with Gasteiger partial charge in [0.1, 0.15) is 30.3 Å². The highest BCUT2D eigenvalue weighted by Gasteiger charge is 2.60. The summed E-state index contributed by atoms with van der Waals surface area (Å²) >= 11 is 0. The van der Waals surface area contributed by atoms with Crippen molar-refractivity contribution in [3.8, 4) is 0 Å². The van der Waals surface area contributed by atoms with Gasteiger partial charge in [-0.25, -0.2) is 4.99 Å². The minimum Gasteiger partial charge on any atom is -0.394 e. The molecule has 4 rings (SSSR count). The van der Waals surface area contributed by atoms with Gasteiger partial charge in [-0.2, -0.15) is 0 Å². The van der Waals surface area contributed by atoms with E-state index in [4.69, 9.17) is 4.74 Å². The number of aliphatic hydroxyl groups is 4. The number of amidine groups is 1. The van der Waals surface area contributed by atoms with Gasteiger partial charge in [-0.3, -0.25) is 4.79 Å². The van der Waals surface area contributed by atoms with Crippen LogP contribution in [0.25, 0.3) is 10.8 Å². The molecule has 26 heavy (non-hydrogen) atoms. The number of ether oxygens (including phenoxy) is 1. The highest BCUT2D eigenvalue weighted by atomic mass is 16.6. The number of benzene rings is 2. The van der Waals surface area contributed by atoms with Crippen LogP contribution in [0.2, 0.25) is 0 Å². The average Bonchev–Trinajstić information content (AvgIpc) is 2.99. The number of carbonyl (C=O) groups excluding carboxylic acids is 1. The molecule has 0 unspecified atom stereocenters.